The summed E-state index contributed by atoms with van der Waals surface area (Å²) in [6.45, 7) is 7.51. The molecule has 4 N–H and O–H groups in total. The maximum absolute atomic E-state index is 12.8. The number of aryl methyl sites for hydroxylation is 1. The van der Waals surface area contributed by atoms with Gasteiger partial charge in [-0.3, -0.25) is 48.4 Å². The Morgan fingerprint density at radius 1 is 1.02 bits per heavy atom. The second-order valence-electron chi connectivity index (χ2n) is 12.1. The van der Waals surface area contributed by atoms with Crippen molar-refractivity contribution >= 4 is 46.4 Å². The summed E-state index contributed by atoms with van der Waals surface area (Å²) >= 11 is 1.10. The quantitative estimate of drug-likeness (QED) is 0.152. The van der Waals surface area contributed by atoms with Crippen molar-refractivity contribution in [3.05, 3.63) is 100 Å². The third-order valence-corrected chi connectivity index (χ3v) is 9.39. The fourth-order valence-corrected chi connectivity index (χ4v) is 6.40. The zero-order valence-corrected chi connectivity index (χ0v) is 28.6. The van der Waals surface area contributed by atoms with Crippen LogP contribution in [0.3, 0.4) is 0 Å². The van der Waals surface area contributed by atoms with Crippen LogP contribution in [0.25, 0.3) is 11.0 Å². The molecule has 4 aromatic rings. The molecule has 0 aliphatic carbocycles. The Balaban J connectivity index is 0.868. The largest absolute Gasteiger partial charge is 0.349 e. The van der Waals surface area contributed by atoms with Gasteiger partial charge in [0.05, 0.1) is 41.8 Å². The number of aromatic amines is 1. The normalized spacial score (nSPS) is 16.6. The first-order chi connectivity index (χ1) is 24.3. The van der Waals surface area contributed by atoms with Crippen LogP contribution in [0.4, 0.5) is 0 Å². The first-order valence-electron chi connectivity index (χ1n) is 16.6. The van der Waals surface area contributed by atoms with Crippen LogP contribution < -0.4 is 20.9 Å². The van der Waals surface area contributed by atoms with Crippen molar-refractivity contribution in [1.29, 1.82) is 0 Å². The summed E-state index contributed by atoms with van der Waals surface area (Å²) in [5, 5.41) is 9.77. The number of carbonyl (C=O) groups is 3. The molecule has 1 fully saturated rings. The number of nitrogens with one attached hydrogen (secondary N) is 4. The maximum Gasteiger partial charge on any atom is 0.269 e. The Hall–Kier alpha value is -5.12. The first kappa shape index (κ1) is 34.7. The van der Waals surface area contributed by atoms with Crippen molar-refractivity contribution in [2.24, 2.45) is 4.99 Å². The lowest BCUT2D eigenvalue weighted by molar-refractivity contribution is -0.118. The van der Waals surface area contributed by atoms with Gasteiger partial charge in [-0.2, -0.15) is 5.10 Å². The third kappa shape index (κ3) is 9.11. The number of H-pyrrole nitrogens is 1. The summed E-state index contributed by atoms with van der Waals surface area (Å²) < 4.78 is 4.36. The third-order valence-electron chi connectivity index (χ3n) is 8.61. The van der Waals surface area contributed by atoms with Crippen LogP contribution in [0.2, 0.25) is 0 Å². The molecule has 1 saturated heterocycles. The van der Waals surface area contributed by atoms with E-state index in [0.29, 0.717) is 37.3 Å². The molecule has 1 aromatic carbocycles. The molecule has 5 heterocycles. The standard InChI is InChI=1S/C35H40N10O4S/c1-2-25-17-30-31(41-34(25)48)16-24(18-37-30)22-43-12-14-44(15-13-43)27-8-9-29(38-19-27)35(49)36-10-11-45-23-28(20-40-45)50-42-32(46)21-39-33(47)26-6-4-3-5-7-26/h3-9,16-18,20,23,27H,2,10-15,19,21-22H2,1H3,(H,36,49)(H,39,47)(H,41,48)(H,42,46). The number of amides is 3. The van der Waals surface area contributed by atoms with E-state index in [1.165, 1.54) is 0 Å². The minimum atomic E-state index is -0.342. The second kappa shape index (κ2) is 16.5. The molecule has 0 saturated carbocycles. The van der Waals surface area contributed by atoms with Crippen LogP contribution in [0.1, 0.15) is 28.4 Å². The number of nitrogens with zero attached hydrogens (tertiary/aromatic N) is 6. The summed E-state index contributed by atoms with van der Waals surface area (Å²) in [5.41, 5.74) is 4.24. The number of fused-ring (bicyclic) bond motifs is 1. The van der Waals surface area contributed by atoms with Gasteiger partial charge in [-0.1, -0.05) is 31.2 Å². The molecule has 6 rings (SSSR count). The lowest BCUT2D eigenvalue weighted by atomic mass is 10.1. The highest BCUT2D eigenvalue weighted by Gasteiger charge is 2.25. The highest BCUT2D eigenvalue weighted by molar-refractivity contribution is 7.98. The van der Waals surface area contributed by atoms with Crippen LogP contribution in [0.5, 0.6) is 0 Å². The van der Waals surface area contributed by atoms with Gasteiger partial charge in [0.1, 0.15) is 5.71 Å². The molecule has 1 atom stereocenters. The fraction of sp³-hybridized carbons (Fsp3) is 0.343. The number of aliphatic imine (C=N–C) groups is 1. The van der Waals surface area contributed by atoms with E-state index in [2.05, 4.69) is 51.3 Å². The Morgan fingerprint density at radius 3 is 2.60 bits per heavy atom. The van der Waals surface area contributed by atoms with Crippen molar-refractivity contribution in [2.75, 3.05) is 45.8 Å². The average molecular weight is 697 g/mol. The fourth-order valence-electron chi connectivity index (χ4n) is 5.82. The molecule has 14 nitrogen and oxygen atoms in total. The van der Waals surface area contributed by atoms with E-state index in [1.54, 1.807) is 47.4 Å². The summed E-state index contributed by atoms with van der Waals surface area (Å²) in [5.74, 6) is -0.888. The van der Waals surface area contributed by atoms with Crippen molar-refractivity contribution in [3.63, 3.8) is 0 Å². The van der Waals surface area contributed by atoms with Gasteiger partial charge in [0.25, 0.3) is 17.4 Å². The molecule has 0 radical (unpaired) electrons. The zero-order chi connectivity index (χ0) is 34.9. The van der Waals surface area contributed by atoms with Gasteiger partial charge < -0.3 is 15.6 Å². The van der Waals surface area contributed by atoms with E-state index in [0.717, 1.165) is 71.7 Å². The van der Waals surface area contributed by atoms with E-state index >= 15 is 0 Å². The molecule has 50 heavy (non-hydrogen) atoms. The Bertz CT molecular complexity index is 1950. The van der Waals surface area contributed by atoms with Crippen molar-refractivity contribution in [2.45, 2.75) is 37.4 Å². The number of aromatic nitrogens is 4. The average Bonchev–Trinajstić information content (AvgIpc) is 3.61. The highest BCUT2D eigenvalue weighted by atomic mass is 32.2. The zero-order valence-electron chi connectivity index (χ0n) is 27.8. The number of pyridine rings is 2. The topological polar surface area (TPSA) is 170 Å². The van der Waals surface area contributed by atoms with Crippen LogP contribution in [-0.2, 0) is 29.1 Å². The molecule has 2 aliphatic rings. The number of piperazine rings is 1. The lowest BCUT2D eigenvalue weighted by Crippen LogP contribution is -2.51. The molecule has 0 spiro atoms. The monoisotopic (exact) mass is 696 g/mol. The van der Waals surface area contributed by atoms with Gasteiger partial charge >= 0.3 is 0 Å². The molecule has 2 aliphatic heterocycles. The smallest absolute Gasteiger partial charge is 0.269 e. The number of hydrogen-bond donors (Lipinski definition) is 4. The van der Waals surface area contributed by atoms with E-state index in [1.807, 2.05) is 31.3 Å². The van der Waals surface area contributed by atoms with Gasteiger partial charge in [0.15, 0.2) is 0 Å². The molecule has 1 unspecified atom stereocenters. The van der Waals surface area contributed by atoms with Crippen LogP contribution in [0.15, 0.2) is 87.9 Å². The molecule has 3 aromatic heterocycles. The Morgan fingerprint density at radius 2 is 1.84 bits per heavy atom. The van der Waals surface area contributed by atoms with Crippen LogP contribution in [-0.4, -0.2) is 105 Å². The summed E-state index contributed by atoms with van der Waals surface area (Å²) in [4.78, 5) is 66.8. The molecule has 260 valence electrons. The van der Waals surface area contributed by atoms with E-state index < -0.39 is 0 Å². The van der Waals surface area contributed by atoms with E-state index in [4.69, 9.17) is 0 Å². The van der Waals surface area contributed by atoms with Crippen LogP contribution in [0, 0.1) is 0 Å². The van der Waals surface area contributed by atoms with Gasteiger partial charge in [0, 0.05) is 68.8 Å². The second-order valence-corrected chi connectivity index (χ2v) is 13.0. The predicted molar refractivity (Wildman–Crippen MR) is 192 cm³/mol. The molecular weight excluding hydrogens is 657 g/mol. The lowest BCUT2D eigenvalue weighted by Gasteiger charge is -2.38. The van der Waals surface area contributed by atoms with Crippen molar-refractivity contribution in [3.8, 4) is 0 Å². The highest BCUT2D eigenvalue weighted by Crippen LogP contribution is 2.16. The summed E-state index contributed by atoms with van der Waals surface area (Å²) in [6, 6.07) is 12.7. The van der Waals surface area contributed by atoms with Gasteiger partial charge in [-0.05, 0) is 54.3 Å². The minimum absolute atomic E-state index is 0.0512. The van der Waals surface area contributed by atoms with Crippen molar-refractivity contribution in [1.82, 2.24) is 44.9 Å². The van der Waals surface area contributed by atoms with E-state index in [9.17, 15) is 19.2 Å². The number of rotatable bonds is 13. The first-order valence-corrected chi connectivity index (χ1v) is 17.5. The van der Waals surface area contributed by atoms with Gasteiger partial charge in [-0.15, -0.1) is 0 Å². The molecule has 15 heteroatoms. The van der Waals surface area contributed by atoms with Crippen LogP contribution >= 0.6 is 11.9 Å². The summed E-state index contributed by atoms with van der Waals surface area (Å²) in [6.07, 6.45) is 9.82. The number of carbonyl (C=O) groups excluding carboxylic acids is 3. The summed E-state index contributed by atoms with van der Waals surface area (Å²) in [7, 11) is 0. The SMILES string of the molecule is CCc1cc2ncc(CN3CCN(C4C=CC(C(=O)NCCn5cc(SNC(=O)CNC(=O)c6ccccc6)cn5)=NC4)CC3)cc2[nH]c1=O. The van der Waals surface area contributed by atoms with Crippen molar-refractivity contribution < 1.29 is 14.4 Å². The molecular formula is C35H40N10O4S. The van der Waals surface area contributed by atoms with Gasteiger partial charge in [0.2, 0.25) is 5.91 Å². The van der Waals surface area contributed by atoms with E-state index in [-0.39, 0.29) is 35.9 Å². The molecule has 3 amide bonds. The maximum atomic E-state index is 12.8. The number of dihydropyridines is 1. The van der Waals surface area contributed by atoms with Gasteiger partial charge in [-0.25, -0.2) is 0 Å². The number of benzene rings is 1. The Labute approximate surface area is 293 Å². The minimum Gasteiger partial charge on any atom is -0.349 e. The Kier molecular flexibility index (Phi) is 11.5. The predicted octanol–water partition coefficient (Wildman–Crippen LogP) is 1.55. The number of hydrogen-bond acceptors (Lipinski definition) is 10. The molecule has 0 bridgehead atoms.